The van der Waals surface area contributed by atoms with E-state index in [2.05, 4.69) is 213 Å². The molecule has 0 aliphatic rings. The summed E-state index contributed by atoms with van der Waals surface area (Å²) in [5.74, 6) is 0. The van der Waals surface area contributed by atoms with Gasteiger partial charge in [0.2, 0.25) is 0 Å². The summed E-state index contributed by atoms with van der Waals surface area (Å²) in [4.78, 5) is 13.2. The molecule has 0 saturated heterocycles. The predicted octanol–water partition coefficient (Wildman–Crippen LogP) is 2.21. The first-order valence-electron chi connectivity index (χ1n) is 19.7. The van der Waals surface area contributed by atoms with Crippen molar-refractivity contribution >= 4 is 339 Å². The molecule has 0 atom stereocenters. The normalized spacial score (nSPS) is 8.54. The number of thiol groups is 1. The summed E-state index contributed by atoms with van der Waals surface area (Å²) >= 11 is 85.3. The minimum atomic E-state index is 0. The first-order chi connectivity index (χ1) is 32.7. The molecule has 1 radical (unpaired) electrons. The second-order valence-corrected chi connectivity index (χ2v) is 29.3. The van der Waals surface area contributed by atoms with Crippen LogP contribution in [0.1, 0.15) is 27.7 Å². The Hall–Kier alpha value is 4.75. The molecule has 0 amide bonds. The monoisotopic (exact) mass is 1520 g/mol. The van der Waals surface area contributed by atoms with Crippen molar-refractivity contribution in [2.75, 3.05) is 130 Å². The number of nitrogens with zero attached hydrogens (tertiary/aromatic N) is 7. The van der Waals surface area contributed by atoms with Crippen molar-refractivity contribution in [2.45, 2.75) is 27.7 Å². The molecular weight excluding hydrogens is 1460 g/mol. The van der Waals surface area contributed by atoms with E-state index in [1.54, 1.807) is 43.3 Å². The van der Waals surface area contributed by atoms with Crippen LogP contribution in [0, 0.1) is 0 Å². The van der Waals surface area contributed by atoms with Gasteiger partial charge in [-0.25, -0.2) is 0 Å². The van der Waals surface area contributed by atoms with Gasteiger partial charge in [-0.1, -0.05) is 107 Å². The molecule has 421 valence electrons. The van der Waals surface area contributed by atoms with Crippen molar-refractivity contribution in [1.82, 2.24) is 60.9 Å². The van der Waals surface area contributed by atoms with E-state index in [4.69, 9.17) is 73.3 Å². The fourth-order valence-corrected chi connectivity index (χ4v) is 10.1. The van der Waals surface area contributed by atoms with E-state index < -0.39 is 0 Å². The summed E-state index contributed by atoms with van der Waals surface area (Å²) < 4.78 is 7.64. The molecule has 0 aliphatic heterocycles. The fraction of sp³-hybridized carbons (Fsp3) is 0.657. The largest absolute Gasteiger partial charge is 3.00 e. The molecule has 12 nitrogen and oxygen atoms in total. The molecule has 0 spiro atoms. The zero-order chi connectivity index (χ0) is 57.4. The van der Waals surface area contributed by atoms with Gasteiger partial charge < -0.3 is 185 Å². The maximum Gasteiger partial charge on any atom is 3.00 e. The molecule has 0 heterocycles. The third-order valence-corrected chi connectivity index (χ3v) is 20.4. The smallest absolute Gasteiger partial charge is 0.412 e. The molecule has 0 fully saturated rings. The van der Waals surface area contributed by atoms with Crippen molar-refractivity contribution in [2.24, 2.45) is 0 Å². The Morgan fingerprint density at radius 1 is 0.392 bits per heavy atom. The molecule has 0 unspecified atom stereocenters. The Balaban J connectivity index is -0.0000000865. The van der Waals surface area contributed by atoms with Crippen molar-refractivity contribution in [1.29, 1.82) is 0 Å². The molecule has 5 N–H and O–H groups in total. The SMILES string of the molecule is CCN(CC)C(=S)SSC(=S)N(CC)CC.CN(C)C(=S)SSC(=S)NCCNC(=S)SSC(=S)N(C)C.CN(C)C(=S)[S-].CN(C)C(=S)[S-].CN(C)C(=S)[S-].CNC(=S)S.S=C([S-])NCCNC(=S)[S-].[Fe+3].[Na+].[Na+]. The second kappa shape index (κ2) is 70.2. The molecule has 0 aromatic carbocycles. The van der Waals surface area contributed by atoms with Crippen LogP contribution in [0.2, 0.25) is 0 Å². The first kappa shape index (κ1) is 101. The minimum absolute atomic E-state index is 0. The molecule has 0 bridgehead atoms. The van der Waals surface area contributed by atoms with Crippen LogP contribution in [-0.2, 0) is 80.2 Å². The van der Waals surface area contributed by atoms with Crippen molar-refractivity contribution in [3.05, 3.63) is 0 Å². The number of hydrogen-bond donors (Lipinski definition) is 6. The third-order valence-electron chi connectivity index (χ3n) is 5.97. The Bertz CT molecular complexity index is 1460. The van der Waals surface area contributed by atoms with Crippen LogP contribution in [0.15, 0.2) is 0 Å². The van der Waals surface area contributed by atoms with Crippen LogP contribution < -0.4 is 85.7 Å². The fourth-order valence-electron chi connectivity index (χ4n) is 2.15. The number of hydrogen-bond acceptors (Lipinski definition) is 23. The summed E-state index contributed by atoms with van der Waals surface area (Å²) in [5, 5.41) is 14.5. The molecule has 0 aliphatic carbocycles. The van der Waals surface area contributed by atoms with Gasteiger partial charge in [0, 0.05) is 130 Å². The minimum Gasteiger partial charge on any atom is -0.412 e. The summed E-state index contributed by atoms with van der Waals surface area (Å²) in [6, 6.07) is 0. The van der Waals surface area contributed by atoms with Crippen LogP contribution in [0.4, 0.5) is 0 Å². The summed E-state index contributed by atoms with van der Waals surface area (Å²) in [6.07, 6.45) is 0. The van der Waals surface area contributed by atoms with E-state index in [1.807, 2.05) is 80.3 Å². The zero-order valence-corrected chi connectivity index (χ0v) is 69.3. The van der Waals surface area contributed by atoms with Crippen LogP contribution in [0.5, 0.6) is 0 Å². The summed E-state index contributed by atoms with van der Waals surface area (Å²) in [5.41, 5.74) is 0. The van der Waals surface area contributed by atoms with E-state index in [0.29, 0.717) is 60.7 Å². The predicted molar refractivity (Wildman–Crippen MR) is 398 cm³/mol. The van der Waals surface area contributed by atoms with Crippen molar-refractivity contribution in [3.63, 3.8) is 0 Å². The van der Waals surface area contributed by atoms with Crippen molar-refractivity contribution in [3.8, 4) is 0 Å². The van der Waals surface area contributed by atoms with Gasteiger partial charge in [0.15, 0.2) is 0 Å². The zero-order valence-electron chi connectivity index (χ0n) is 44.5. The van der Waals surface area contributed by atoms with Crippen LogP contribution >= 0.6 is 224 Å². The summed E-state index contributed by atoms with van der Waals surface area (Å²) in [7, 11) is 29.4. The van der Waals surface area contributed by atoms with Gasteiger partial charge in [-0.2, -0.15) is 0 Å². The van der Waals surface area contributed by atoms with Crippen LogP contribution in [0.25, 0.3) is 0 Å². The molecule has 0 aromatic rings. The van der Waals surface area contributed by atoms with Crippen LogP contribution in [-0.4, -0.2) is 216 Å². The van der Waals surface area contributed by atoms with E-state index in [0.717, 1.165) is 43.5 Å². The van der Waals surface area contributed by atoms with Gasteiger partial charge in [0.25, 0.3) is 0 Å². The number of rotatable bonds is 10. The first-order valence-corrected chi connectivity index (χ1v) is 33.6. The average molecular weight is 1530 g/mol. The number of thiocarbonyl (C=S) groups is 12. The van der Waals surface area contributed by atoms with Gasteiger partial charge in [0.05, 0.1) is 0 Å². The quantitative estimate of drug-likeness (QED) is 0.0484. The molecule has 0 aromatic heterocycles. The molecule has 0 saturated carbocycles. The summed E-state index contributed by atoms with van der Waals surface area (Å²) in [6.45, 7) is 15.0. The molecule has 39 heteroatoms. The Morgan fingerprint density at radius 3 is 0.730 bits per heavy atom. The Labute approximate surface area is 623 Å². The maximum atomic E-state index is 5.34. The maximum absolute atomic E-state index is 5.34. The third kappa shape index (κ3) is 85.5. The van der Waals surface area contributed by atoms with Gasteiger partial charge in [0.1, 0.15) is 30.2 Å². The van der Waals surface area contributed by atoms with Gasteiger partial charge >= 0.3 is 76.2 Å². The van der Waals surface area contributed by atoms with E-state index in [1.165, 1.54) is 43.2 Å². The average Bonchev–Trinajstić information content (AvgIpc) is 3.28. The molecule has 74 heavy (non-hydrogen) atoms. The van der Waals surface area contributed by atoms with Crippen molar-refractivity contribution < 1.29 is 76.2 Å². The van der Waals surface area contributed by atoms with E-state index >= 15 is 0 Å². The van der Waals surface area contributed by atoms with Gasteiger partial charge in [-0.05, 0) is 92.5 Å². The van der Waals surface area contributed by atoms with Gasteiger partial charge in [-0.15, -0.1) is 12.6 Å². The molecular formula is C35H67FeN12Na2S24. The van der Waals surface area contributed by atoms with E-state index in [-0.39, 0.29) is 76.2 Å². The Morgan fingerprint density at radius 2 is 0.581 bits per heavy atom. The number of nitrogens with one attached hydrogen (secondary N) is 5. The Kier molecular flexibility index (Phi) is 95.6. The van der Waals surface area contributed by atoms with Gasteiger partial charge in [-0.3, -0.25) is 0 Å². The van der Waals surface area contributed by atoms with E-state index in [9.17, 15) is 0 Å². The topological polar surface area (TPSA) is 82.8 Å². The second-order valence-electron chi connectivity index (χ2n) is 12.6. The van der Waals surface area contributed by atoms with Crippen LogP contribution in [0.3, 0.4) is 0 Å². The molecule has 0 rings (SSSR count). The standard InChI is InChI=1S/C10H18N4S8.C10H20N2S4.C4H8N2S4.3C3H7NS2.C2H5NS2.Fe.2Na/c1-13(2)9(17)21-19-7(15)11-5-6-12-8(16)20-22-10(18)14(3)4;1-5-11(6-2)9(13)15-16-10(14)12(7-3)8-4;7-3(8)5-1-2-6-4(9)10;3*1-4(2)3(5)6;1-3-2(4)5;;;/h5-6H2,1-4H3,(H,11,15)(H,12,16);5-8H2,1-4H3;1-2H2,(H2,5,7,8)(H2,6,9,10);3*1-2H3,(H,5,6);1H3,(H2,3,4,5);;;/q;;;;;;;+3;2*+1/p-5.